The van der Waals surface area contributed by atoms with Crippen molar-refractivity contribution in [2.75, 3.05) is 36.0 Å². The van der Waals surface area contributed by atoms with Gasteiger partial charge in [-0.15, -0.1) is 0 Å². The second-order valence-electron chi connectivity index (χ2n) is 13.9. The Morgan fingerprint density at radius 3 is 1.11 bits per heavy atom. The molecule has 0 spiro atoms. The van der Waals surface area contributed by atoms with E-state index in [1.807, 2.05) is 62.4 Å². The summed E-state index contributed by atoms with van der Waals surface area (Å²) >= 11 is 0. The van der Waals surface area contributed by atoms with Crippen molar-refractivity contribution in [2.24, 2.45) is 0 Å². The topological polar surface area (TPSA) is 66.9 Å². The van der Waals surface area contributed by atoms with Crippen LogP contribution in [-0.2, 0) is 0 Å². The summed E-state index contributed by atoms with van der Waals surface area (Å²) < 4.78 is 12.1. The SMILES string of the molecule is CCN(CC)c1ccc2c(C)c(-c3cccc4c(-c5cccc6c(-c7c(C)c8ccc(N(CC)CC)cc8oc7=O)cccc56)cccc34)c(=O)oc2c1. The molecule has 0 aliphatic carbocycles. The second kappa shape index (κ2) is 14.0. The summed E-state index contributed by atoms with van der Waals surface area (Å²) in [5.41, 5.74) is 9.26. The normalized spacial score (nSPS) is 11.6. The van der Waals surface area contributed by atoms with E-state index in [1.165, 1.54) is 0 Å². The van der Waals surface area contributed by atoms with Crippen molar-refractivity contribution in [2.45, 2.75) is 41.5 Å². The van der Waals surface area contributed by atoms with Gasteiger partial charge >= 0.3 is 11.3 Å². The molecule has 0 saturated heterocycles. The molecule has 2 heterocycles. The van der Waals surface area contributed by atoms with E-state index in [-0.39, 0.29) is 11.3 Å². The van der Waals surface area contributed by atoms with Crippen LogP contribution in [-0.4, -0.2) is 26.2 Å². The quantitative estimate of drug-likeness (QED) is 0.139. The molecule has 0 N–H and O–H groups in total. The summed E-state index contributed by atoms with van der Waals surface area (Å²) in [5, 5.41) is 5.82. The van der Waals surface area contributed by atoms with Gasteiger partial charge in [-0.1, -0.05) is 72.8 Å². The maximum absolute atomic E-state index is 13.8. The van der Waals surface area contributed by atoms with Crippen LogP contribution in [0.1, 0.15) is 38.8 Å². The number of hydrogen-bond donors (Lipinski definition) is 0. The standard InChI is InChI=1S/C48H44N2O4/c1-7-49(8-2)31-23-25-33-29(5)45(47(51)53-43(33)27-31)41-21-13-17-37-35(15-11-19-39(37)41)36-16-12-20-40-38(36)18-14-22-42(40)46-30(6)34-26-24-32(50(9-3)10-4)28-44(34)54-48(46)52/h11-28H,7-10H2,1-6H3. The van der Waals surface area contributed by atoms with Gasteiger partial charge < -0.3 is 18.6 Å². The van der Waals surface area contributed by atoms with E-state index < -0.39 is 0 Å². The highest BCUT2D eigenvalue weighted by Gasteiger charge is 2.20. The number of benzene rings is 6. The third kappa shape index (κ3) is 5.65. The molecule has 6 nitrogen and oxygen atoms in total. The number of fused-ring (bicyclic) bond motifs is 4. The molecule has 8 aromatic rings. The van der Waals surface area contributed by atoms with Crippen LogP contribution >= 0.6 is 0 Å². The molecule has 2 aromatic heterocycles. The van der Waals surface area contributed by atoms with Gasteiger partial charge in [-0.25, -0.2) is 9.59 Å². The Morgan fingerprint density at radius 2 is 0.759 bits per heavy atom. The fraction of sp³-hybridized carbons (Fsp3) is 0.208. The fourth-order valence-electron chi connectivity index (χ4n) is 8.41. The smallest absolute Gasteiger partial charge is 0.344 e. The average Bonchev–Trinajstić information content (AvgIpc) is 3.18. The van der Waals surface area contributed by atoms with Crippen LogP contribution in [0.25, 0.3) is 76.9 Å². The maximum Gasteiger partial charge on any atom is 0.344 e. The van der Waals surface area contributed by atoms with Gasteiger partial charge in [0.15, 0.2) is 0 Å². The molecule has 0 saturated carbocycles. The third-order valence-electron chi connectivity index (χ3n) is 11.2. The molecule has 0 bridgehead atoms. The first-order chi connectivity index (χ1) is 26.3. The Balaban J connectivity index is 1.28. The van der Waals surface area contributed by atoms with Gasteiger partial charge in [-0.3, -0.25) is 0 Å². The number of aryl methyl sites for hydroxylation is 2. The molecule has 0 fully saturated rings. The summed E-state index contributed by atoms with van der Waals surface area (Å²) in [4.78, 5) is 32.1. The first-order valence-electron chi connectivity index (χ1n) is 19.0. The summed E-state index contributed by atoms with van der Waals surface area (Å²) in [6, 6.07) is 37.1. The highest BCUT2D eigenvalue weighted by Crippen LogP contribution is 2.41. The number of rotatable bonds is 9. The lowest BCUT2D eigenvalue weighted by atomic mass is 9.88. The van der Waals surface area contributed by atoms with E-state index in [0.717, 1.165) is 103 Å². The zero-order valence-electron chi connectivity index (χ0n) is 31.7. The predicted molar refractivity (Wildman–Crippen MR) is 226 cm³/mol. The first-order valence-corrected chi connectivity index (χ1v) is 19.0. The van der Waals surface area contributed by atoms with Crippen LogP contribution in [0.5, 0.6) is 0 Å². The van der Waals surface area contributed by atoms with Crippen molar-refractivity contribution in [3.8, 4) is 33.4 Å². The maximum atomic E-state index is 13.8. The average molecular weight is 713 g/mol. The predicted octanol–water partition coefficient (Wildman–Crippen LogP) is 11.5. The summed E-state index contributed by atoms with van der Waals surface area (Å²) in [5.74, 6) is 0. The van der Waals surface area contributed by atoms with E-state index in [9.17, 15) is 9.59 Å². The minimum atomic E-state index is -0.349. The molecule has 0 aliphatic rings. The lowest BCUT2D eigenvalue weighted by Gasteiger charge is -2.21. The molecule has 8 rings (SSSR count). The van der Waals surface area contributed by atoms with Crippen LogP contribution in [0.3, 0.4) is 0 Å². The van der Waals surface area contributed by atoms with Crippen molar-refractivity contribution < 1.29 is 8.83 Å². The molecule has 0 atom stereocenters. The minimum absolute atomic E-state index is 0.349. The van der Waals surface area contributed by atoms with Gasteiger partial charge in [0.05, 0.1) is 11.1 Å². The highest BCUT2D eigenvalue weighted by molar-refractivity contribution is 6.12. The lowest BCUT2D eigenvalue weighted by Crippen LogP contribution is -2.21. The summed E-state index contributed by atoms with van der Waals surface area (Å²) in [7, 11) is 0. The molecule has 0 unspecified atom stereocenters. The number of hydrogen-bond acceptors (Lipinski definition) is 6. The molecular weight excluding hydrogens is 669 g/mol. The van der Waals surface area contributed by atoms with E-state index in [2.05, 4.69) is 98.2 Å². The van der Waals surface area contributed by atoms with E-state index >= 15 is 0 Å². The molecule has 270 valence electrons. The molecule has 0 amide bonds. The monoisotopic (exact) mass is 712 g/mol. The zero-order valence-corrected chi connectivity index (χ0v) is 31.7. The zero-order chi connectivity index (χ0) is 37.7. The lowest BCUT2D eigenvalue weighted by molar-refractivity contribution is 0.562. The van der Waals surface area contributed by atoms with E-state index in [0.29, 0.717) is 22.3 Å². The van der Waals surface area contributed by atoms with Gasteiger partial charge in [0.25, 0.3) is 0 Å². The van der Waals surface area contributed by atoms with Crippen LogP contribution in [0.4, 0.5) is 11.4 Å². The third-order valence-corrected chi connectivity index (χ3v) is 11.2. The molecular formula is C48H44N2O4. The van der Waals surface area contributed by atoms with Crippen LogP contribution in [0.2, 0.25) is 0 Å². The second-order valence-corrected chi connectivity index (χ2v) is 13.9. The van der Waals surface area contributed by atoms with Crippen molar-refractivity contribution in [1.82, 2.24) is 0 Å². The molecule has 54 heavy (non-hydrogen) atoms. The fourth-order valence-corrected chi connectivity index (χ4v) is 8.41. The van der Waals surface area contributed by atoms with Crippen LogP contribution in [0.15, 0.2) is 128 Å². The minimum Gasteiger partial charge on any atom is -0.422 e. The van der Waals surface area contributed by atoms with Gasteiger partial charge in [0.2, 0.25) is 0 Å². The van der Waals surface area contributed by atoms with Gasteiger partial charge in [-0.05, 0) is 121 Å². The number of anilines is 2. The Morgan fingerprint density at radius 1 is 0.426 bits per heavy atom. The molecule has 6 heteroatoms. The van der Waals surface area contributed by atoms with E-state index in [1.54, 1.807) is 0 Å². The molecule has 0 aliphatic heterocycles. The van der Waals surface area contributed by atoms with Crippen LogP contribution in [0, 0.1) is 13.8 Å². The van der Waals surface area contributed by atoms with Crippen molar-refractivity contribution in [1.29, 1.82) is 0 Å². The molecule has 0 radical (unpaired) electrons. The van der Waals surface area contributed by atoms with E-state index in [4.69, 9.17) is 8.83 Å². The summed E-state index contributed by atoms with van der Waals surface area (Å²) in [6.45, 7) is 16.0. The van der Waals surface area contributed by atoms with Crippen molar-refractivity contribution in [3.05, 3.63) is 141 Å². The Bertz CT molecular complexity index is 2660. The highest BCUT2D eigenvalue weighted by atomic mass is 16.4. The first kappa shape index (κ1) is 34.9. The Kier molecular flexibility index (Phi) is 9.06. The summed E-state index contributed by atoms with van der Waals surface area (Å²) in [6.07, 6.45) is 0. The Labute approximate surface area is 314 Å². The van der Waals surface area contributed by atoms with Gasteiger partial charge in [0, 0.05) is 60.5 Å². The van der Waals surface area contributed by atoms with Crippen molar-refractivity contribution >= 4 is 54.9 Å². The van der Waals surface area contributed by atoms with Gasteiger partial charge in [-0.2, -0.15) is 0 Å². The van der Waals surface area contributed by atoms with Crippen molar-refractivity contribution in [3.63, 3.8) is 0 Å². The van der Waals surface area contributed by atoms with Crippen LogP contribution < -0.4 is 21.1 Å². The van der Waals surface area contributed by atoms with Gasteiger partial charge in [0.1, 0.15) is 11.2 Å². The Hall–Kier alpha value is -6.14. The number of nitrogens with zero attached hydrogens (tertiary/aromatic N) is 2. The molecule has 6 aromatic carbocycles. The largest absolute Gasteiger partial charge is 0.422 e.